The van der Waals surface area contributed by atoms with E-state index in [0.29, 0.717) is 10.9 Å². The van der Waals surface area contributed by atoms with E-state index in [0.717, 1.165) is 0 Å². The Kier molecular flexibility index (Phi) is 5.38. The molecule has 0 fully saturated rings. The first-order chi connectivity index (χ1) is 11.8. The number of carbonyl (C=O) groups excluding carboxylic acids is 2. The highest BCUT2D eigenvalue weighted by molar-refractivity contribution is 5.88. The summed E-state index contributed by atoms with van der Waals surface area (Å²) in [7, 11) is 0. The van der Waals surface area contributed by atoms with Crippen molar-refractivity contribution in [1.29, 1.82) is 0 Å². The lowest BCUT2D eigenvalue weighted by molar-refractivity contribution is -0.137. The molecule has 4 N–H and O–H groups in total. The zero-order chi connectivity index (χ0) is 18.6. The molecule has 0 aliphatic heterocycles. The number of phenols is 1. The smallest absolute Gasteiger partial charge is 0.340 e. The molecule has 0 bridgehead atoms. The molecule has 0 saturated carbocycles. The topological polar surface area (TPSA) is 146 Å². The largest absolute Gasteiger partial charge is 0.508 e. The lowest BCUT2D eigenvalue weighted by atomic mass is 10.0. The van der Waals surface area contributed by atoms with Crippen LogP contribution >= 0.6 is 0 Å². The number of benzene rings is 1. The molecule has 0 aliphatic rings. The van der Waals surface area contributed by atoms with Crippen LogP contribution in [0.3, 0.4) is 0 Å². The van der Waals surface area contributed by atoms with Crippen molar-refractivity contribution >= 4 is 28.8 Å². The highest BCUT2D eigenvalue weighted by atomic mass is 16.4. The minimum absolute atomic E-state index is 0.0482. The van der Waals surface area contributed by atoms with Crippen molar-refractivity contribution in [3.8, 4) is 5.75 Å². The zero-order valence-corrected chi connectivity index (χ0v) is 13.3. The third-order valence-electron chi connectivity index (χ3n) is 3.49. The Labute approximate surface area is 141 Å². The van der Waals surface area contributed by atoms with Crippen molar-refractivity contribution in [3.63, 3.8) is 0 Å². The van der Waals surface area contributed by atoms with Gasteiger partial charge in [0.25, 0.3) is 0 Å². The highest BCUT2D eigenvalue weighted by Gasteiger charge is 2.16. The van der Waals surface area contributed by atoms with Crippen LogP contribution in [0, 0.1) is 6.92 Å². The number of hydrogen-bond acceptors (Lipinski definition) is 6. The van der Waals surface area contributed by atoms with Gasteiger partial charge in [-0.2, -0.15) is 0 Å². The van der Waals surface area contributed by atoms with E-state index in [4.69, 9.17) is 9.52 Å². The van der Waals surface area contributed by atoms with Crippen LogP contribution in [0.1, 0.15) is 11.1 Å². The minimum Gasteiger partial charge on any atom is -0.508 e. The number of carboxylic acids is 1. The molecule has 0 spiro atoms. The van der Waals surface area contributed by atoms with Crippen molar-refractivity contribution in [1.82, 2.24) is 10.6 Å². The maximum atomic E-state index is 12.0. The van der Waals surface area contributed by atoms with Crippen LogP contribution in [0.2, 0.25) is 0 Å². The molecule has 9 nitrogen and oxygen atoms in total. The van der Waals surface area contributed by atoms with Crippen molar-refractivity contribution in [2.24, 2.45) is 0 Å². The van der Waals surface area contributed by atoms with E-state index in [1.54, 1.807) is 13.0 Å². The number of phenolic OH excluding ortho intramolecular Hbond substituents is 1. The van der Waals surface area contributed by atoms with Gasteiger partial charge in [-0.3, -0.25) is 14.4 Å². The number of aliphatic carboxylic acids is 1. The Balaban J connectivity index is 2.08. The lowest BCUT2D eigenvalue weighted by Gasteiger charge is -2.09. The zero-order valence-electron chi connectivity index (χ0n) is 13.3. The summed E-state index contributed by atoms with van der Waals surface area (Å²) in [4.78, 5) is 45.6. The fraction of sp³-hybridized carbons (Fsp3) is 0.250. The average Bonchev–Trinajstić information content (AvgIpc) is 2.54. The number of rotatable bonds is 6. The molecule has 0 radical (unpaired) electrons. The van der Waals surface area contributed by atoms with E-state index in [2.05, 4.69) is 10.6 Å². The summed E-state index contributed by atoms with van der Waals surface area (Å²) in [6.45, 7) is 0.700. The first kappa shape index (κ1) is 18.0. The summed E-state index contributed by atoms with van der Waals surface area (Å²) in [5, 5.41) is 22.8. The van der Waals surface area contributed by atoms with Gasteiger partial charge in [-0.25, -0.2) is 4.79 Å². The normalized spacial score (nSPS) is 10.4. The molecule has 2 aromatic rings. The molecule has 25 heavy (non-hydrogen) atoms. The molecular formula is C16H16N2O7. The van der Waals surface area contributed by atoms with E-state index in [-0.39, 0.29) is 23.3 Å². The molecule has 132 valence electrons. The second-order valence-corrected chi connectivity index (χ2v) is 5.30. The van der Waals surface area contributed by atoms with Crippen LogP contribution in [-0.4, -0.2) is 41.1 Å². The van der Waals surface area contributed by atoms with E-state index in [1.807, 2.05) is 0 Å². The van der Waals surface area contributed by atoms with Gasteiger partial charge in [0.2, 0.25) is 11.8 Å². The van der Waals surface area contributed by atoms with Crippen LogP contribution in [0.25, 0.3) is 11.0 Å². The summed E-state index contributed by atoms with van der Waals surface area (Å²) in [6.07, 6.45) is -0.294. The summed E-state index contributed by atoms with van der Waals surface area (Å²) in [5.41, 5.74) is 0.180. The van der Waals surface area contributed by atoms with Gasteiger partial charge in [0.15, 0.2) is 0 Å². The van der Waals surface area contributed by atoms with Gasteiger partial charge in [0, 0.05) is 11.5 Å². The summed E-state index contributed by atoms with van der Waals surface area (Å²) in [6, 6.07) is 4.32. The predicted octanol–water partition coefficient (Wildman–Crippen LogP) is -0.333. The fourth-order valence-electron chi connectivity index (χ4n) is 2.23. The molecule has 0 aliphatic carbocycles. The molecule has 9 heteroatoms. The van der Waals surface area contributed by atoms with Gasteiger partial charge in [0.1, 0.15) is 17.9 Å². The van der Waals surface area contributed by atoms with E-state index in [9.17, 15) is 24.3 Å². The van der Waals surface area contributed by atoms with Gasteiger partial charge in [-0.1, -0.05) is 0 Å². The number of aromatic hydroxyl groups is 1. The molecule has 2 rings (SSSR count). The standard InChI is InChI=1S/C16H16N2O7/c1-8-10-3-2-9(19)4-12(10)25-16(24)11(8)5-13(20)17-6-14(21)18-7-15(22)23/h2-4,19H,5-7H2,1H3,(H,17,20)(H,18,21)(H,22,23). The number of amides is 2. The van der Waals surface area contributed by atoms with Crippen molar-refractivity contribution in [3.05, 3.63) is 39.7 Å². The second-order valence-electron chi connectivity index (χ2n) is 5.30. The van der Waals surface area contributed by atoms with Gasteiger partial charge >= 0.3 is 11.6 Å². The van der Waals surface area contributed by atoms with Crippen molar-refractivity contribution in [2.75, 3.05) is 13.1 Å². The third-order valence-corrected chi connectivity index (χ3v) is 3.49. The van der Waals surface area contributed by atoms with E-state index in [1.165, 1.54) is 12.1 Å². The molecule has 1 aromatic carbocycles. The van der Waals surface area contributed by atoms with Gasteiger partial charge in [-0.15, -0.1) is 0 Å². The fourth-order valence-corrected chi connectivity index (χ4v) is 2.23. The number of nitrogens with one attached hydrogen (secondary N) is 2. The van der Waals surface area contributed by atoms with Crippen molar-refractivity contribution in [2.45, 2.75) is 13.3 Å². The second kappa shape index (κ2) is 7.47. The number of fused-ring (bicyclic) bond motifs is 1. The molecule has 0 unspecified atom stereocenters. The molecule has 0 saturated heterocycles. The summed E-state index contributed by atoms with van der Waals surface area (Å²) < 4.78 is 5.11. The predicted molar refractivity (Wildman–Crippen MR) is 86.2 cm³/mol. The van der Waals surface area contributed by atoms with Crippen LogP contribution in [0.5, 0.6) is 5.75 Å². The maximum Gasteiger partial charge on any atom is 0.340 e. The number of carboxylic acid groups (broad SMARTS) is 1. The SMILES string of the molecule is Cc1c(CC(=O)NCC(=O)NCC(=O)O)c(=O)oc2cc(O)ccc12. The Hall–Kier alpha value is -3.36. The third kappa shape index (κ3) is 4.56. The molecular weight excluding hydrogens is 332 g/mol. The molecule has 1 heterocycles. The van der Waals surface area contributed by atoms with E-state index >= 15 is 0 Å². The quantitative estimate of drug-likeness (QED) is 0.523. The van der Waals surface area contributed by atoms with Crippen LogP contribution in [0.4, 0.5) is 0 Å². The van der Waals surface area contributed by atoms with Crippen molar-refractivity contribution < 1.29 is 29.0 Å². The Morgan fingerprint density at radius 3 is 2.48 bits per heavy atom. The minimum atomic E-state index is -1.20. The van der Waals surface area contributed by atoms with Crippen LogP contribution in [-0.2, 0) is 20.8 Å². The van der Waals surface area contributed by atoms with Crippen LogP contribution in [0.15, 0.2) is 27.4 Å². The monoisotopic (exact) mass is 348 g/mol. The summed E-state index contributed by atoms with van der Waals surface area (Å²) >= 11 is 0. The molecule has 1 aromatic heterocycles. The van der Waals surface area contributed by atoms with Gasteiger partial charge < -0.3 is 25.3 Å². The first-order valence-corrected chi connectivity index (χ1v) is 7.28. The lowest BCUT2D eigenvalue weighted by Crippen LogP contribution is -2.39. The Morgan fingerprint density at radius 1 is 1.12 bits per heavy atom. The average molecular weight is 348 g/mol. The highest BCUT2D eigenvalue weighted by Crippen LogP contribution is 2.23. The van der Waals surface area contributed by atoms with Gasteiger partial charge in [-0.05, 0) is 24.6 Å². The number of hydrogen-bond donors (Lipinski definition) is 4. The van der Waals surface area contributed by atoms with Crippen LogP contribution < -0.4 is 16.3 Å². The number of aryl methyl sites for hydroxylation is 1. The molecule has 2 amide bonds. The maximum absolute atomic E-state index is 12.0. The Morgan fingerprint density at radius 2 is 1.80 bits per heavy atom. The Bertz CT molecular complexity index is 901. The molecule has 0 atom stereocenters. The number of carbonyl (C=O) groups is 3. The first-order valence-electron chi connectivity index (χ1n) is 7.28. The van der Waals surface area contributed by atoms with E-state index < -0.39 is 36.5 Å². The summed E-state index contributed by atoms with van der Waals surface area (Å²) in [5.74, 6) is -2.49. The van der Waals surface area contributed by atoms with Gasteiger partial charge in [0.05, 0.1) is 18.5 Å².